The molecule has 0 unspecified atom stereocenters. The maximum absolute atomic E-state index is 11.5. The van der Waals surface area contributed by atoms with E-state index in [0.717, 1.165) is 10.8 Å². The molecule has 1 heterocycles. The number of benzene rings is 1. The normalized spacial score (nSPS) is 10.4. The number of aromatic nitrogens is 1. The topological polar surface area (TPSA) is 39.2 Å². The van der Waals surface area contributed by atoms with E-state index >= 15 is 0 Å². The molecular weight excluding hydrogens is 226 g/mol. The van der Waals surface area contributed by atoms with Gasteiger partial charge in [0, 0.05) is 22.0 Å². The van der Waals surface area contributed by atoms with Gasteiger partial charge in [-0.3, -0.25) is 0 Å². The van der Waals surface area contributed by atoms with Gasteiger partial charge in [0.25, 0.3) is 0 Å². The molecule has 0 atom stereocenters. The fourth-order valence-electron chi connectivity index (χ4n) is 1.45. The summed E-state index contributed by atoms with van der Waals surface area (Å²) in [6, 6.07) is 7.16. The van der Waals surface area contributed by atoms with E-state index in [2.05, 4.69) is 4.98 Å². The lowest BCUT2D eigenvalue weighted by Crippen LogP contribution is -2.06. The molecule has 1 aromatic heterocycles. The Morgan fingerprint density at radius 2 is 2.31 bits per heavy atom. The van der Waals surface area contributed by atoms with E-state index in [1.165, 1.54) is 0 Å². The average Bonchev–Trinajstić information content (AvgIpc) is 2.29. The van der Waals surface area contributed by atoms with E-state index < -0.39 is 5.97 Å². The first-order valence-electron chi connectivity index (χ1n) is 4.93. The molecular formula is C12H10ClNO2. The van der Waals surface area contributed by atoms with Gasteiger partial charge in [0.1, 0.15) is 5.69 Å². The van der Waals surface area contributed by atoms with Gasteiger partial charge in [-0.2, -0.15) is 0 Å². The van der Waals surface area contributed by atoms with Crippen molar-refractivity contribution in [2.24, 2.45) is 0 Å². The van der Waals surface area contributed by atoms with E-state index in [4.69, 9.17) is 16.3 Å². The maximum atomic E-state index is 11.5. The Labute approximate surface area is 98.0 Å². The Kier molecular flexibility index (Phi) is 3.06. The number of carbonyl (C=O) groups is 1. The quantitative estimate of drug-likeness (QED) is 0.751. The zero-order chi connectivity index (χ0) is 11.5. The minimum atomic E-state index is -0.427. The molecule has 1 aromatic carbocycles. The summed E-state index contributed by atoms with van der Waals surface area (Å²) in [5, 5.41) is 2.31. The third-order valence-corrected chi connectivity index (χ3v) is 2.52. The Morgan fingerprint density at radius 1 is 1.50 bits per heavy atom. The van der Waals surface area contributed by atoms with Gasteiger partial charge < -0.3 is 4.74 Å². The van der Waals surface area contributed by atoms with Crippen molar-refractivity contribution < 1.29 is 9.53 Å². The summed E-state index contributed by atoms with van der Waals surface area (Å²) in [6.45, 7) is 2.09. The van der Waals surface area contributed by atoms with Crippen LogP contribution in [-0.2, 0) is 4.74 Å². The molecule has 0 amide bonds. The maximum Gasteiger partial charge on any atom is 0.356 e. The van der Waals surface area contributed by atoms with E-state index in [1.807, 2.05) is 12.1 Å². The minimum absolute atomic E-state index is 0.280. The van der Waals surface area contributed by atoms with Gasteiger partial charge in [-0.1, -0.05) is 23.7 Å². The van der Waals surface area contributed by atoms with Crippen molar-refractivity contribution in [3.8, 4) is 0 Å². The molecule has 2 aromatic rings. The standard InChI is InChI=1S/C12H10ClNO2/c1-2-16-12(15)11-6-9-8(7-14-11)4-3-5-10(9)13/h3-7H,2H2,1H3. The van der Waals surface area contributed by atoms with E-state index in [1.54, 1.807) is 25.3 Å². The van der Waals surface area contributed by atoms with Crippen molar-refractivity contribution in [3.05, 3.63) is 41.2 Å². The van der Waals surface area contributed by atoms with Crippen molar-refractivity contribution >= 4 is 28.3 Å². The number of hydrogen-bond acceptors (Lipinski definition) is 3. The summed E-state index contributed by atoms with van der Waals surface area (Å²) in [5.41, 5.74) is 0.280. The van der Waals surface area contributed by atoms with Crippen LogP contribution in [0.4, 0.5) is 0 Å². The van der Waals surface area contributed by atoms with Crippen molar-refractivity contribution in [3.63, 3.8) is 0 Å². The third-order valence-electron chi connectivity index (χ3n) is 2.19. The lowest BCUT2D eigenvalue weighted by Gasteiger charge is -2.03. The second kappa shape index (κ2) is 4.49. The summed E-state index contributed by atoms with van der Waals surface area (Å²) in [7, 11) is 0. The molecule has 82 valence electrons. The highest BCUT2D eigenvalue weighted by atomic mass is 35.5. The third kappa shape index (κ3) is 1.99. The summed E-state index contributed by atoms with van der Waals surface area (Å²) in [5.74, 6) is -0.427. The number of nitrogens with zero attached hydrogens (tertiary/aromatic N) is 1. The summed E-state index contributed by atoms with van der Waals surface area (Å²) >= 11 is 6.03. The Balaban J connectivity index is 2.51. The van der Waals surface area contributed by atoms with Crippen LogP contribution in [0.25, 0.3) is 10.8 Å². The van der Waals surface area contributed by atoms with Gasteiger partial charge >= 0.3 is 5.97 Å². The number of carbonyl (C=O) groups excluding carboxylic acids is 1. The van der Waals surface area contributed by atoms with Crippen LogP contribution >= 0.6 is 11.6 Å². The molecule has 0 N–H and O–H groups in total. The zero-order valence-electron chi connectivity index (χ0n) is 8.74. The number of esters is 1. The fraction of sp³-hybridized carbons (Fsp3) is 0.167. The highest BCUT2D eigenvalue weighted by Gasteiger charge is 2.09. The SMILES string of the molecule is CCOC(=O)c1cc2c(Cl)cccc2cn1. The van der Waals surface area contributed by atoms with Gasteiger partial charge in [-0.25, -0.2) is 9.78 Å². The van der Waals surface area contributed by atoms with Gasteiger partial charge in [0.15, 0.2) is 0 Å². The number of hydrogen-bond donors (Lipinski definition) is 0. The fourth-order valence-corrected chi connectivity index (χ4v) is 1.68. The van der Waals surface area contributed by atoms with Crippen molar-refractivity contribution in [1.29, 1.82) is 0 Å². The lowest BCUT2D eigenvalue weighted by molar-refractivity contribution is 0.0520. The van der Waals surface area contributed by atoms with E-state index in [9.17, 15) is 4.79 Å². The second-order valence-corrected chi connectivity index (χ2v) is 3.66. The van der Waals surface area contributed by atoms with Crippen LogP contribution in [0.15, 0.2) is 30.5 Å². The predicted octanol–water partition coefficient (Wildman–Crippen LogP) is 3.06. The van der Waals surface area contributed by atoms with Crippen LogP contribution in [0.2, 0.25) is 5.02 Å². The smallest absolute Gasteiger partial charge is 0.356 e. The molecule has 3 nitrogen and oxygen atoms in total. The van der Waals surface area contributed by atoms with E-state index in [0.29, 0.717) is 11.6 Å². The first-order chi connectivity index (χ1) is 7.72. The molecule has 4 heteroatoms. The van der Waals surface area contributed by atoms with Crippen LogP contribution in [0.3, 0.4) is 0 Å². The summed E-state index contributed by atoms with van der Waals surface area (Å²) < 4.78 is 4.87. The Hall–Kier alpha value is -1.61. The molecule has 0 aliphatic heterocycles. The van der Waals surface area contributed by atoms with Gasteiger partial charge in [-0.05, 0) is 19.1 Å². The number of pyridine rings is 1. The van der Waals surface area contributed by atoms with Crippen molar-refractivity contribution in [2.45, 2.75) is 6.92 Å². The molecule has 2 rings (SSSR count). The van der Waals surface area contributed by atoms with Gasteiger partial charge in [0.2, 0.25) is 0 Å². The van der Waals surface area contributed by atoms with Crippen LogP contribution < -0.4 is 0 Å². The molecule has 0 radical (unpaired) electrons. The first-order valence-corrected chi connectivity index (χ1v) is 5.31. The van der Waals surface area contributed by atoms with Crippen LogP contribution in [0.1, 0.15) is 17.4 Å². The van der Waals surface area contributed by atoms with Crippen molar-refractivity contribution in [1.82, 2.24) is 4.98 Å². The first kappa shape index (κ1) is 10.9. The van der Waals surface area contributed by atoms with Crippen LogP contribution in [0.5, 0.6) is 0 Å². The lowest BCUT2D eigenvalue weighted by atomic mass is 10.1. The highest BCUT2D eigenvalue weighted by molar-refractivity contribution is 6.35. The number of halogens is 1. The number of rotatable bonds is 2. The van der Waals surface area contributed by atoms with Crippen LogP contribution in [0, 0.1) is 0 Å². The molecule has 0 aliphatic carbocycles. The van der Waals surface area contributed by atoms with Gasteiger partial charge in [0.05, 0.1) is 6.61 Å². The molecule has 16 heavy (non-hydrogen) atoms. The molecule has 0 aliphatic rings. The minimum Gasteiger partial charge on any atom is -0.461 e. The largest absolute Gasteiger partial charge is 0.461 e. The number of fused-ring (bicyclic) bond motifs is 1. The molecule has 0 spiro atoms. The number of ether oxygens (including phenoxy) is 1. The second-order valence-electron chi connectivity index (χ2n) is 3.25. The van der Waals surface area contributed by atoms with E-state index in [-0.39, 0.29) is 5.69 Å². The highest BCUT2D eigenvalue weighted by Crippen LogP contribution is 2.23. The Bertz CT molecular complexity index is 540. The monoisotopic (exact) mass is 235 g/mol. The van der Waals surface area contributed by atoms with Crippen LogP contribution in [-0.4, -0.2) is 17.6 Å². The molecule has 0 saturated heterocycles. The molecule has 0 saturated carbocycles. The average molecular weight is 236 g/mol. The Morgan fingerprint density at radius 3 is 3.06 bits per heavy atom. The molecule has 0 fully saturated rings. The summed E-state index contributed by atoms with van der Waals surface area (Å²) in [4.78, 5) is 15.5. The van der Waals surface area contributed by atoms with Crippen molar-refractivity contribution in [2.75, 3.05) is 6.61 Å². The van der Waals surface area contributed by atoms with Gasteiger partial charge in [-0.15, -0.1) is 0 Å². The predicted molar refractivity (Wildman–Crippen MR) is 62.7 cm³/mol. The summed E-state index contributed by atoms with van der Waals surface area (Å²) in [6.07, 6.45) is 1.62. The zero-order valence-corrected chi connectivity index (χ0v) is 9.49. The molecule has 0 bridgehead atoms.